The van der Waals surface area contributed by atoms with Gasteiger partial charge in [-0.15, -0.1) is 0 Å². The van der Waals surface area contributed by atoms with Crippen LogP contribution in [0.5, 0.6) is 0 Å². The van der Waals surface area contributed by atoms with Gasteiger partial charge in [0.2, 0.25) is 0 Å². The first-order valence-corrected chi connectivity index (χ1v) is 7.39. The molecule has 1 rings (SSSR count). The molecule has 1 aliphatic rings. The summed E-state index contributed by atoms with van der Waals surface area (Å²) in [7, 11) is 0. The third-order valence-electron chi connectivity index (χ3n) is 4.22. The second kappa shape index (κ2) is 7.11. The van der Waals surface area contributed by atoms with Gasteiger partial charge in [-0.2, -0.15) is 5.26 Å². The Hall–Kier alpha value is -0.590. The smallest absolute Gasteiger partial charge is 0.103 e. The molecular weight excluding hydrogens is 222 g/mol. The van der Waals surface area contributed by atoms with Gasteiger partial charge in [-0.05, 0) is 57.7 Å². The highest BCUT2D eigenvalue weighted by Gasteiger charge is 2.26. The maximum absolute atomic E-state index is 9.20. The molecule has 0 amide bonds. The molecule has 2 atom stereocenters. The maximum atomic E-state index is 9.20. The van der Waals surface area contributed by atoms with E-state index in [2.05, 4.69) is 37.1 Å². The summed E-state index contributed by atoms with van der Waals surface area (Å²) < 4.78 is 0. The number of likely N-dealkylation sites (tertiary alicyclic amines) is 1. The Kier molecular flexibility index (Phi) is 6.11. The zero-order valence-electron chi connectivity index (χ0n) is 12.5. The normalized spacial score (nSPS) is 24.1. The van der Waals surface area contributed by atoms with Gasteiger partial charge in [0, 0.05) is 6.54 Å². The van der Waals surface area contributed by atoms with Crippen LogP contribution < -0.4 is 5.32 Å². The predicted molar refractivity (Wildman–Crippen MR) is 76.3 cm³/mol. The van der Waals surface area contributed by atoms with E-state index in [4.69, 9.17) is 0 Å². The SMILES string of the molecule is CCNC(C)(C#N)CCCN1CCC(C(C)C)C1. The zero-order valence-corrected chi connectivity index (χ0v) is 12.5. The second-order valence-corrected chi connectivity index (χ2v) is 6.17. The van der Waals surface area contributed by atoms with Gasteiger partial charge in [0.15, 0.2) is 0 Å². The van der Waals surface area contributed by atoms with Crippen LogP contribution in [0.4, 0.5) is 0 Å². The molecule has 0 saturated carbocycles. The molecular formula is C15H29N3. The highest BCUT2D eigenvalue weighted by Crippen LogP contribution is 2.24. The monoisotopic (exact) mass is 251 g/mol. The van der Waals surface area contributed by atoms with Gasteiger partial charge in [-0.1, -0.05) is 20.8 Å². The van der Waals surface area contributed by atoms with E-state index in [-0.39, 0.29) is 5.54 Å². The van der Waals surface area contributed by atoms with Crippen molar-refractivity contribution in [2.24, 2.45) is 11.8 Å². The lowest BCUT2D eigenvalue weighted by molar-refractivity contribution is 0.284. The molecule has 1 saturated heterocycles. The Labute approximate surface area is 113 Å². The van der Waals surface area contributed by atoms with Crippen LogP contribution >= 0.6 is 0 Å². The molecule has 3 nitrogen and oxygen atoms in total. The molecule has 0 aromatic carbocycles. The first kappa shape index (κ1) is 15.5. The Morgan fingerprint density at radius 2 is 2.22 bits per heavy atom. The minimum Gasteiger partial charge on any atom is -0.303 e. The number of hydrogen-bond acceptors (Lipinski definition) is 3. The molecule has 1 aliphatic heterocycles. The second-order valence-electron chi connectivity index (χ2n) is 6.17. The quantitative estimate of drug-likeness (QED) is 0.756. The molecule has 1 heterocycles. The summed E-state index contributed by atoms with van der Waals surface area (Å²) in [6.45, 7) is 13.2. The molecule has 1 N–H and O–H groups in total. The van der Waals surface area contributed by atoms with Crippen molar-refractivity contribution in [1.82, 2.24) is 10.2 Å². The molecule has 0 aromatic rings. The topological polar surface area (TPSA) is 39.1 Å². The van der Waals surface area contributed by atoms with Crippen molar-refractivity contribution in [1.29, 1.82) is 5.26 Å². The molecule has 0 spiro atoms. The van der Waals surface area contributed by atoms with E-state index < -0.39 is 0 Å². The Morgan fingerprint density at radius 1 is 1.50 bits per heavy atom. The van der Waals surface area contributed by atoms with E-state index in [9.17, 15) is 5.26 Å². The number of rotatable bonds is 7. The van der Waals surface area contributed by atoms with Crippen molar-refractivity contribution in [2.45, 2.75) is 52.5 Å². The van der Waals surface area contributed by atoms with Crippen LogP contribution in [0, 0.1) is 23.2 Å². The minimum absolute atomic E-state index is 0.341. The summed E-state index contributed by atoms with van der Waals surface area (Å²) in [4.78, 5) is 2.56. The summed E-state index contributed by atoms with van der Waals surface area (Å²) >= 11 is 0. The molecule has 0 bridgehead atoms. The van der Waals surface area contributed by atoms with Crippen LogP contribution in [0.2, 0.25) is 0 Å². The van der Waals surface area contributed by atoms with Crippen molar-refractivity contribution in [2.75, 3.05) is 26.2 Å². The average molecular weight is 251 g/mol. The van der Waals surface area contributed by atoms with E-state index >= 15 is 0 Å². The van der Waals surface area contributed by atoms with Gasteiger partial charge >= 0.3 is 0 Å². The molecule has 0 aromatic heterocycles. The fourth-order valence-corrected chi connectivity index (χ4v) is 2.84. The average Bonchev–Trinajstić information content (AvgIpc) is 2.78. The van der Waals surface area contributed by atoms with Crippen molar-refractivity contribution in [3.8, 4) is 6.07 Å². The number of nitrogens with zero attached hydrogens (tertiary/aromatic N) is 2. The van der Waals surface area contributed by atoms with E-state index in [0.29, 0.717) is 0 Å². The van der Waals surface area contributed by atoms with Crippen LogP contribution in [-0.2, 0) is 0 Å². The first-order chi connectivity index (χ1) is 8.50. The summed E-state index contributed by atoms with van der Waals surface area (Å²) in [5, 5.41) is 12.5. The standard InChI is InChI=1S/C15H29N3/c1-5-17-15(4,12-16)8-6-9-18-10-7-14(11-18)13(2)3/h13-14,17H,5-11H2,1-4H3. The fraction of sp³-hybridized carbons (Fsp3) is 0.933. The van der Waals surface area contributed by atoms with Crippen LogP contribution in [-0.4, -0.2) is 36.6 Å². The Morgan fingerprint density at radius 3 is 2.72 bits per heavy atom. The Balaban J connectivity index is 2.25. The third-order valence-corrected chi connectivity index (χ3v) is 4.22. The van der Waals surface area contributed by atoms with E-state index in [0.717, 1.165) is 37.8 Å². The fourth-order valence-electron chi connectivity index (χ4n) is 2.84. The molecule has 104 valence electrons. The summed E-state index contributed by atoms with van der Waals surface area (Å²) in [5.41, 5.74) is -0.341. The molecule has 18 heavy (non-hydrogen) atoms. The first-order valence-electron chi connectivity index (χ1n) is 7.39. The van der Waals surface area contributed by atoms with Crippen LogP contribution in [0.3, 0.4) is 0 Å². The van der Waals surface area contributed by atoms with E-state index in [1.54, 1.807) is 0 Å². The van der Waals surface area contributed by atoms with Crippen LogP contribution in [0.1, 0.15) is 47.0 Å². The summed E-state index contributed by atoms with van der Waals surface area (Å²) in [6, 6.07) is 2.40. The van der Waals surface area contributed by atoms with Gasteiger partial charge in [-0.25, -0.2) is 0 Å². The highest BCUT2D eigenvalue weighted by molar-refractivity contribution is 5.03. The van der Waals surface area contributed by atoms with E-state index in [1.807, 2.05) is 6.92 Å². The van der Waals surface area contributed by atoms with Gasteiger partial charge in [-0.3, -0.25) is 5.32 Å². The lowest BCUT2D eigenvalue weighted by atomic mass is 9.95. The van der Waals surface area contributed by atoms with Crippen molar-refractivity contribution in [3.05, 3.63) is 0 Å². The van der Waals surface area contributed by atoms with Crippen molar-refractivity contribution < 1.29 is 0 Å². The maximum Gasteiger partial charge on any atom is 0.103 e. The van der Waals surface area contributed by atoms with Gasteiger partial charge in [0.1, 0.15) is 5.54 Å². The lowest BCUT2D eigenvalue weighted by Crippen LogP contribution is -2.41. The third kappa shape index (κ3) is 4.59. The molecule has 3 heteroatoms. The van der Waals surface area contributed by atoms with Crippen LogP contribution in [0.15, 0.2) is 0 Å². The van der Waals surface area contributed by atoms with Gasteiger partial charge < -0.3 is 4.90 Å². The molecule has 1 fully saturated rings. The van der Waals surface area contributed by atoms with E-state index in [1.165, 1.54) is 19.5 Å². The summed E-state index contributed by atoms with van der Waals surface area (Å²) in [6.07, 6.45) is 3.41. The van der Waals surface area contributed by atoms with Gasteiger partial charge in [0.05, 0.1) is 6.07 Å². The van der Waals surface area contributed by atoms with Crippen LogP contribution in [0.25, 0.3) is 0 Å². The molecule has 2 unspecified atom stereocenters. The minimum atomic E-state index is -0.341. The van der Waals surface area contributed by atoms with Gasteiger partial charge in [0.25, 0.3) is 0 Å². The van der Waals surface area contributed by atoms with Crippen molar-refractivity contribution in [3.63, 3.8) is 0 Å². The Bertz CT molecular complexity index is 282. The molecule has 0 aliphatic carbocycles. The largest absolute Gasteiger partial charge is 0.303 e. The number of nitriles is 1. The van der Waals surface area contributed by atoms with Crippen molar-refractivity contribution >= 4 is 0 Å². The highest BCUT2D eigenvalue weighted by atomic mass is 15.1. The lowest BCUT2D eigenvalue weighted by Gasteiger charge is -2.24. The summed E-state index contributed by atoms with van der Waals surface area (Å²) in [5.74, 6) is 1.68. The zero-order chi connectivity index (χ0) is 13.6. The number of hydrogen-bond donors (Lipinski definition) is 1. The number of nitrogens with one attached hydrogen (secondary N) is 1. The predicted octanol–water partition coefficient (Wildman–Crippen LogP) is 2.64. The molecule has 0 radical (unpaired) electrons.